The summed E-state index contributed by atoms with van der Waals surface area (Å²) in [5.74, 6) is 0.0181. The highest BCUT2D eigenvalue weighted by atomic mass is 35.5. The highest BCUT2D eigenvalue weighted by Gasteiger charge is 2.28. The van der Waals surface area contributed by atoms with Crippen molar-refractivity contribution in [3.8, 4) is 0 Å². The van der Waals surface area contributed by atoms with Crippen LogP contribution < -0.4 is 10.6 Å². The number of carbonyl (C=O) groups excluding carboxylic acids is 1. The van der Waals surface area contributed by atoms with E-state index in [2.05, 4.69) is 10.6 Å². The van der Waals surface area contributed by atoms with Crippen LogP contribution in [-0.4, -0.2) is 31.7 Å². The van der Waals surface area contributed by atoms with Gasteiger partial charge in [-0.1, -0.05) is 23.7 Å². The Labute approximate surface area is 112 Å². The fourth-order valence-electron chi connectivity index (χ4n) is 2.00. The summed E-state index contributed by atoms with van der Waals surface area (Å²) in [6, 6.07) is 7.29. The first-order valence-electron chi connectivity index (χ1n) is 5.97. The molecule has 1 saturated heterocycles. The molecule has 1 aromatic carbocycles. The van der Waals surface area contributed by atoms with Gasteiger partial charge in [0, 0.05) is 25.2 Å². The molecule has 1 amide bonds. The van der Waals surface area contributed by atoms with E-state index in [0.717, 1.165) is 18.5 Å². The van der Waals surface area contributed by atoms with Crippen LogP contribution in [0.2, 0.25) is 5.02 Å². The van der Waals surface area contributed by atoms with E-state index in [1.807, 2.05) is 24.3 Å². The average Bonchev–Trinajstić information content (AvgIpc) is 2.86. The number of halogens is 1. The Morgan fingerprint density at radius 3 is 2.83 bits per heavy atom. The van der Waals surface area contributed by atoms with Gasteiger partial charge < -0.3 is 15.4 Å². The van der Waals surface area contributed by atoms with Crippen LogP contribution in [0.25, 0.3) is 0 Å². The van der Waals surface area contributed by atoms with Gasteiger partial charge in [0.05, 0.1) is 12.1 Å². The number of carbonyl (C=O) groups is 1. The van der Waals surface area contributed by atoms with Gasteiger partial charge in [0.2, 0.25) is 5.91 Å². The quantitative estimate of drug-likeness (QED) is 0.866. The molecule has 1 aliphatic heterocycles. The Morgan fingerprint density at radius 2 is 2.22 bits per heavy atom. The molecule has 2 rings (SSSR count). The molecular weight excluding hydrogens is 252 g/mol. The van der Waals surface area contributed by atoms with Crippen molar-refractivity contribution < 1.29 is 9.53 Å². The monoisotopic (exact) mass is 268 g/mol. The Balaban J connectivity index is 1.80. The van der Waals surface area contributed by atoms with Crippen LogP contribution in [0.4, 0.5) is 0 Å². The summed E-state index contributed by atoms with van der Waals surface area (Å²) in [5.41, 5.74) is 1.04. The maximum absolute atomic E-state index is 11.9. The number of hydrogen-bond donors (Lipinski definition) is 2. The molecule has 0 aromatic heterocycles. The summed E-state index contributed by atoms with van der Waals surface area (Å²) in [4.78, 5) is 11.9. The second kappa shape index (κ2) is 6.18. The molecule has 0 spiro atoms. The van der Waals surface area contributed by atoms with Crippen LogP contribution in [0, 0.1) is 0 Å². The van der Waals surface area contributed by atoms with Gasteiger partial charge in [0.1, 0.15) is 0 Å². The van der Waals surface area contributed by atoms with Crippen molar-refractivity contribution in [2.24, 2.45) is 0 Å². The van der Waals surface area contributed by atoms with E-state index in [1.54, 1.807) is 7.11 Å². The number of benzene rings is 1. The molecule has 4 nitrogen and oxygen atoms in total. The van der Waals surface area contributed by atoms with Crippen molar-refractivity contribution in [2.45, 2.75) is 25.1 Å². The second-order valence-electron chi connectivity index (χ2n) is 4.40. The standard InChI is InChI=1S/C13H17ClN2O2/c1-18-11-6-12(15-8-11)13(17)16-7-9-2-4-10(14)5-3-9/h2-5,11-12,15H,6-8H2,1H3,(H,16,17). The minimum Gasteiger partial charge on any atom is -0.380 e. The van der Waals surface area contributed by atoms with Gasteiger partial charge in [0.25, 0.3) is 0 Å². The fraction of sp³-hybridized carbons (Fsp3) is 0.462. The number of rotatable bonds is 4. The molecule has 18 heavy (non-hydrogen) atoms. The second-order valence-corrected chi connectivity index (χ2v) is 4.83. The van der Waals surface area contributed by atoms with Gasteiger partial charge in [-0.05, 0) is 24.1 Å². The maximum atomic E-state index is 11.9. The largest absolute Gasteiger partial charge is 0.380 e. The van der Waals surface area contributed by atoms with Crippen LogP contribution >= 0.6 is 11.6 Å². The first-order chi connectivity index (χ1) is 8.69. The maximum Gasteiger partial charge on any atom is 0.237 e. The summed E-state index contributed by atoms with van der Waals surface area (Å²) in [6.07, 6.45) is 0.861. The van der Waals surface area contributed by atoms with Crippen molar-refractivity contribution in [2.75, 3.05) is 13.7 Å². The molecule has 1 heterocycles. The molecule has 0 bridgehead atoms. The van der Waals surface area contributed by atoms with Crippen LogP contribution in [0.3, 0.4) is 0 Å². The first kappa shape index (κ1) is 13.3. The number of amides is 1. The third-order valence-corrected chi connectivity index (χ3v) is 3.37. The summed E-state index contributed by atoms with van der Waals surface area (Å²) in [5, 5.41) is 6.75. The third kappa shape index (κ3) is 3.45. The van der Waals surface area contributed by atoms with Crippen molar-refractivity contribution in [3.63, 3.8) is 0 Å². The molecular formula is C13H17ClN2O2. The molecule has 0 radical (unpaired) electrons. The van der Waals surface area contributed by atoms with E-state index in [0.29, 0.717) is 11.6 Å². The number of methoxy groups -OCH3 is 1. The molecule has 1 fully saturated rings. The van der Waals surface area contributed by atoms with E-state index in [4.69, 9.17) is 16.3 Å². The Hall–Kier alpha value is -1.10. The lowest BCUT2D eigenvalue weighted by Crippen LogP contribution is -2.39. The number of nitrogens with one attached hydrogen (secondary N) is 2. The fourth-order valence-corrected chi connectivity index (χ4v) is 2.12. The van der Waals surface area contributed by atoms with Gasteiger partial charge in [-0.25, -0.2) is 0 Å². The summed E-state index contributed by atoms with van der Waals surface area (Å²) < 4.78 is 5.21. The minimum atomic E-state index is -0.151. The SMILES string of the molecule is COC1CNC(C(=O)NCc2ccc(Cl)cc2)C1. The van der Waals surface area contributed by atoms with Gasteiger partial charge in [-0.15, -0.1) is 0 Å². The van der Waals surface area contributed by atoms with Crippen LogP contribution in [0.5, 0.6) is 0 Å². The molecule has 0 aliphatic carbocycles. The lowest BCUT2D eigenvalue weighted by molar-refractivity contribution is -0.123. The van der Waals surface area contributed by atoms with Crippen molar-refractivity contribution in [3.05, 3.63) is 34.9 Å². The van der Waals surface area contributed by atoms with Crippen LogP contribution in [0.15, 0.2) is 24.3 Å². The molecule has 98 valence electrons. The zero-order valence-corrected chi connectivity index (χ0v) is 11.0. The van der Waals surface area contributed by atoms with E-state index in [-0.39, 0.29) is 18.1 Å². The lowest BCUT2D eigenvalue weighted by Gasteiger charge is -2.11. The van der Waals surface area contributed by atoms with Gasteiger partial charge >= 0.3 is 0 Å². The van der Waals surface area contributed by atoms with Gasteiger partial charge in [-0.2, -0.15) is 0 Å². The van der Waals surface area contributed by atoms with E-state index < -0.39 is 0 Å². The predicted molar refractivity (Wildman–Crippen MR) is 70.5 cm³/mol. The van der Waals surface area contributed by atoms with Gasteiger partial charge in [-0.3, -0.25) is 4.79 Å². The van der Waals surface area contributed by atoms with Crippen LogP contribution in [-0.2, 0) is 16.1 Å². The third-order valence-electron chi connectivity index (χ3n) is 3.12. The van der Waals surface area contributed by atoms with Crippen LogP contribution in [0.1, 0.15) is 12.0 Å². The highest BCUT2D eigenvalue weighted by Crippen LogP contribution is 2.11. The highest BCUT2D eigenvalue weighted by molar-refractivity contribution is 6.30. The lowest BCUT2D eigenvalue weighted by atomic mass is 10.2. The summed E-state index contributed by atoms with van der Waals surface area (Å²) >= 11 is 5.80. The number of hydrogen-bond acceptors (Lipinski definition) is 3. The zero-order valence-electron chi connectivity index (χ0n) is 10.3. The smallest absolute Gasteiger partial charge is 0.237 e. The molecule has 2 N–H and O–H groups in total. The Kier molecular flexibility index (Phi) is 4.58. The van der Waals surface area contributed by atoms with E-state index in [9.17, 15) is 4.79 Å². The van der Waals surface area contributed by atoms with E-state index in [1.165, 1.54) is 0 Å². The average molecular weight is 269 g/mol. The molecule has 2 unspecified atom stereocenters. The topological polar surface area (TPSA) is 50.4 Å². The summed E-state index contributed by atoms with van der Waals surface area (Å²) in [7, 11) is 1.67. The Bertz CT molecular complexity index is 408. The number of ether oxygens (including phenoxy) is 1. The molecule has 5 heteroatoms. The Morgan fingerprint density at radius 1 is 1.50 bits per heavy atom. The van der Waals surface area contributed by atoms with Gasteiger partial charge in [0.15, 0.2) is 0 Å². The molecule has 1 aliphatic rings. The van der Waals surface area contributed by atoms with Crippen molar-refractivity contribution >= 4 is 17.5 Å². The predicted octanol–water partition coefficient (Wildman–Crippen LogP) is 1.33. The molecule has 0 saturated carbocycles. The first-order valence-corrected chi connectivity index (χ1v) is 6.35. The normalized spacial score (nSPS) is 23.0. The minimum absolute atomic E-state index is 0.0181. The zero-order chi connectivity index (χ0) is 13.0. The van der Waals surface area contributed by atoms with Crippen molar-refractivity contribution in [1.82, 2.24) is 10.6 Å². The van der Waals surface area contributed by atoms with Crippen molar-refractivity contribution in [1.29, 1.82) is 0 Å². The van der Waals surface area contributed by atoms with E-state index >= 15 is 0 Å². The summed E-state index contributed by atoms with van der Waals surface area (Å²) in [6.45, 7) is 1.25. The molecule has 2 atom stereocenters. The molecule has 1 aromatic rings.